The molecule has 3 amide bonds. The maximum Gasteiger partial charge on any atom is 0.253 e. The summed E-state index contributed by atoms with van der Waals surface area (Å²) in [4.78, 5) is 45.9. The zero-order chi connectivity index (χ0) is 22.3. The number of nitrogens with one attached hydrogen (secondary N) is 1. The van der Waals surface area contributed by atoms with Crippen molar-refractivity contribution in [1.82, 2.24) is 15.1 Å². The van der Waals surface area contributed by atoms with E-state index in [1.807, 2.05) is 25.1 Å². The predicted molar refractivity (Wildman–Crippen MR) is 120 cm³/mol. The first-order chi connectivity index (χ1) is 14.8. The zero-order valence-corrected chi connectivity index (χ0v) is 19.1. The molecule has 7 nitrogen and oxygen atoms in total. The van der Waals surface area contributed by atoms with Gasteiger partial charge in [0.2, 0.25) is 11.8 Å². The maximum absolute atomic E-state index is 13.9. The van der Waals surface area contributed by atoms with Crippen LogP contribution in [0.1, 0.15) is 44.5 Å². The molecular formula is C24H34N4O3. The molecule has 1 N–H and O–H groups in total. The summed E-state index contributed by atoms with van der Waals surface area (Å²) in [6, 6.07) is 7.31. The smallest absolute Gasteiger partial charge is 0.253 e. The minimum absolute atomic E-state index is 0.0127. The van der Waals surface area contributed by atoms with Gasteiger partial charge in [0, 0.05) is 32.1 Å². The molecule has 31 heavy (non-hydrogen) atoms. The van der Waals surface area contributed by atoms with E-state index in [4.69, 9.17) is 0 Å². The van der Waals surface area contributed by atoms with Crippen LogP contribution in [0.4, 0.5) is 5.69 Å². The fourth-order valence-electron chi connectivity index (χ4n) is 5.09. The number of fused-ring (bicyclic) bond motifs is 2. The molecule has 2 aliphatic heterocycles. The SMILES string of the molecule is CCN(CC)CCN1C(=O)[C@@H]2CN(C(=O)[C@H]3C[C@H]3C)C[C@]2(C)NC(=O)c2ccccc21. The Balaban J connectivity index is 1.67. The van der Waals surface area contributed by atoms with E-state index < -0.39 is 11.5 Å². The summed E-state index contributed by atoms with van der Waals surface area (Å²) in [6.07, 6.45) is 0.915. The number of amides is 3. The average Bonchev–Trinajstić information content (AvgIpc) is 3.39. The van der Waals surface area contributed by atoms with Crippen LogP contribution in [0.5, 0.6) is 0 Å². The van der Waals surface area contributed by atoms with Gasteiger partial charge >= 0.3 is 0 Å². The Hall–Kier alpha value is -2.41. The number of carbonyl (C=O) groups is 3. The molecule has 1 saturated carbocycles. The van der Waals surface area contributed by atoms with Crippen LogP contribution in [-0.2, 0) is 9.59 Å². The Morgan fingerprint density at radius 2 is 1.90 bits per heavy atom. The lowest BCUT2D eigenvalue weighted by atomic mass is 9.86. The second-order valence-corrected chi connectivity index (χ2v) is 9.50. The average molecular weight is 427 g/mol. The molecule has 1 aromatic rings. The highest BCUT2D eigenvalue weighted by Gasteiger charge is 2.54. The minimum atomic E-state index is -0.775. The Bertz CT molecular complexity index is 883. The number of carbonyl (C=O) groups excluding carboxylic acids is 3. The van der Waals surface area contributed by atoms with Crippen LogP contribution in [0.2, 0.25) is 0 Å². The minimum Gasteiger partial charge on any atom is -0.344 e. The van der Waals surface area contributed by atoms with Gasteiger partial charge < -0.3 is 20.0 Å². The van der Waals surface area contributed by atoms with E-state index in [0.717, 1.165) is 26.1 Å². The molecule has 0 spiro atoms. The third-order valence-corrected chi connectivity index (χ3v) is 7.37. The highest BCUT2D eigenvalue weighted by molar-refractivity contribution is 6.08. The summed E-state index contributed by atoms with van der Waals surface area (Å²) in [5.74, 6) is -0.0588. The van der Waals surface area contributed by atoms with Gasteiger partial charge in [-0.3, -0.25) is 14.4 Å². The van der Waals surface area contributed by atoms with Gasteiger partial charge in [-0.25, -0.2) is 0 Å². The van der Waals surface area contributed by atoms with Crippen LogP contribution < -0.4 is 10.2 Å². The number of likely N-dealkylation sites (N-methyl/N-ethyl adjacent to an activating group) is 1. The lowest BCUT2D eigenvalue weighted by Gasteiger charge is -2.38. The monoisotopic (exact) mass is 426 g/mol. The molecule has 0 radical (unpaired) electrons. The van der Waals surface area contributed by atoms with Crippen LogP contribution in [0, 0.1) is 17.8 Å². The number of rotatable bonds is 6. The number of hydrogen-bond donors (Lipinski definition) is 1. The van der Waals surface area contributed by atoms with Gasteiger partial charge in [0.05, 0.1) is 22.7 Å². The number of para-hydroxylation sites is 1. The van der Waals surface area contributed by atoms with Gasteiger partial charge in [0.15, 0.2) is 0 Å². The molecular weight excluding hydrogens is 392 g/mol. The Kier molecular flexibility index (Phi) is 5.81. The highest BCUT2D eigenvalue weighted by Crippen LogP contribution is 2.42. The van der Waals surface area contributed by atoms with Crippen molar-refractivity contribution < 1.29 is 14.4 Å². The quantitative estimate of drug-likeness (QED) is 0.755. The molecule has 1 saturated heterocycles. The summed E-state index contributed by atoms with van der Waals surface area (Å²) in [6.45, 7) is 12.0. The molecule has 2 fully saturated rings. The first-order valence-corrected chi connectivity index (χ1v) is 11.5. The molecule has 1 aromatic carbocycles. The van der Waals surface area contributed by atoms with Crippen molar-refractivity contribution in [2.45, 2.75) is 39.7 Å². The second kappa shape index (κ2) is 8.26. The van der Waals surface area contributed by atoms with Crippen molar-refractivity contribution in [3.8, 4) is 0 Å². The van der Waals surface area contributed by atoms with E-state index in [1.165, 1.54) is 0 Å². The molecule has 1 aliphatic carbocycles. The van der Waals surface area contributed by atoms with Crippen molar-refractivity contribution in [2.75, 3.05) is 44.2 Å². The molecule has 3 aliphatic rings. The summed E-state index contributed by atoms with van der Waals surface area (Å²) in [7, 11) is 0. The van der Waals surface area contributed by atoms with E-state index >= 15 is 0 Å². The van der Waals surface area contributed by atoms with Crippen LogP contribution in [-0.4, -0.2) is 72.3 Å². The van der Waals surface area contributed by atoms with E-state index in [9.17, 15) is 14.4 Å². The molecule has 4 atom stereocenters. The molecule has 2 heterocycles. The number of anilines is 1. The molecule has 0 bridgehead atoms. The van der Waals surface area contributed by atoms with Crippen LogP contribution in [0.25, 0.3) is 0 Å². The standard InChI is InChI=1S/C24H34N4O3/c1-5-26(6-2)11-12-28-20-10-8-7-9-17(20)21(29)25-24(4)15-27(14-19(24)23(28)31)22(30)18-13-16(18)3/h7-10,16,18-19H,5-6,11-15H2,1-4H3,(H,25,29)/t16-,18+,19+,24+/m1/s1. The van der Waals surface area contributed by atoms with E-state index in [2.05, 4.69) is 31.0 Å². The molecule has 168 valence electrons. The van der Waals surface area contributed by atoms with Crippen LogP contribution >= 0.6 is 0 Å². The fraction of sp³-hybridized carbons (Fsp3) is 0.625. The Labute approximate surface area is 184 Å². The summed E-state index contributed by atoms with van der Waals surface area (Å²) in [5.41, 5.74) is 0.388. The summed E-state index contributed by atoms with van der Waals surface area (Å²) in [5, 5.41) is 3.12. The van der Waals surface area contributed by atoms with Crippen molar-refractivity contribution in [3.05, 3.63) is 29.8 Å². The number of hydrogen-bond acceptors (Lipinski definition) is 4. The number of nitrogens with zero attached hydrogens (tertiary/aromatic N) is 3. The largest absolute Gasteiger partial charge is 0.344 e. The van der Waals surface area contributed by atoms with Gasteiger partial charge in [-0.05, 0) is 44.5 Å². The van der Waals surface area contributed by atoms with Gasteiger partial charge in [0.25, 0.3) is 5.91 Å². The van der Waals surface area contributed by atoms with E-state index in [0.29, 0.717) is 36.8 Å². The lowest BCUT2D eigenvalue weighted by Crippen LogP contribution is -2.59. The van der Waals surface area contributed by atoms with Crippen LogP contribution in [0.15, 0.2) is 24.3 Å². The van der Waals surface area contributed by atoms with Crippen molar-refractivity contribution >= 4 is 23.4 Å². The van der Waals surface area contributed by atoms with Gasteiger partial charge in [-0.15, -0.1) is 0 Å². The lowest BCUT2D eigenvalue weighted by molar-refractivity contribution is -0.132. The van der Waals surface area contributed by atoms with Crippen molar-refractivity contribution in [1.29, 1.82) is 0 Å². The summed E-state index contributed by atoms with van der Waals surface area (Å²) < 4.78 is 0. The summed E-state index contributed by atoms with van der Waals surface area (Å²) >= 11 is 0. The fourth-order valence-corrected chi connectivity index (χ4v) is 5.09. The van der Waals surface area contributed by atoms with Crippen molar-refractivity contribution in [2.24, 2.45) is 17.8 Å². The van der Waals surface area contributed by atoms with Gasteiger partial charge in [-0.2, -0.15) is 0 Å². The Morgan fingerprint density at radius 1 is 1.23 bits per heavy atom. The first-order valence-electron chi connectivity index (χ1n) is 11.5. The van der Waals surface area contributed by atoms with E-state index in [1.54, 1.807) is 15.9 Å². The normalized spacial score (nSPS) is 29.9. The number of benzene rings is 1. The molecule has 7 heteroatoms. The second-order valence-electron chi connectivity index (χ2n) is 9.50. The van der Waals surface area contributed by atoms with E-state index in [-0.39, 0.29) is 23.6 Å². The molecule has 0 aromatic heterocycles. The third-order valence-electron chi connectivity index (χ3n) is 7.37. The zero-order valence-electron chi connectivity index (χ0n) is 19.1. The topological polar surface area (TPSA) is 73.0 Å². The first kappa shape index (κ1) is 21.8. The van der Waals surface area contributed by atoms with Gasteiger partial charge in [-0.1, -0.05) is 32.9 Å². The Morgan fingerprint density at radius 3 is 2.55 bits per heavy atom. The molecule has 4 rings (SSSR count). The molecule has 0 unspecified atom stereocenters. The highest BCUT2D eigenvalue weighted by atomic mass is 16.2. The van der Waals surface area contributed by atoms with Gasteiger partial charge in [0.1, 0.15) is 0 Å². The van der Waals surface area contributed by atoms with Crippen LogP contribution in [0.3, 0.4) is 0 Å². The number of likely N-dealkylation sites (tertiary alicyclic amines) is 1. The third kappa shape index (κ3) is 3.95. The predicted octanol–water partition coefficient (Wildman–Crippen LogP) is 1.98. The maximum atomic E-state index is 13.9. The van der Waals surface area contributed by atoms with Crippen molar-refractivity contribution in [3.63, 3.8) is 0 Å².